The lowest BCUT2D eigenvalue weighted by Gasteiger charge is -2.21. The lowest BCUT2D eigenvalue weighted by Crippen LogP contribution is -2.25. The molecule has 1 fully saturated rings. The van der Waals surface area contributed by atoms with E-state index in [0.717, 1.165) is 0 Å². The van der Waals surface area contributed by atoms with Crippen LogP contribution < -0.4 is 5.32 Å². The summed E-state index contributed by atoms with van der Waals surface area (Å²) in [7, 11) is 0. The van der Waals surface area contributed by atoms with Gasteiger partial charge >= 0.3 is 0 Å². The van der Waals surface area contributed by atoms with Crippen LogP contribution in [-0.4, -0.2) is 13.1 Å². The van der Waals surface area contributed by atoms with Crippen molar-refractivity contribution in [3.63, 3.8) is 0 Å². The third-order valence-corrected chi connectivity index (χ3v) is 5.12. The Balaban J connectivity index is 2.09. The fraction of sp³-hybridized carbons (Fsp3) is 0.600. The van der Waals surface area contributed by atoms with E-state index >= 15 is 0 Å². The van der Waals surface area contributed by atoms with E-state index in [0.29, 0.717) is 5.41 Å². The number of nitrogens with one attached hydrogen (secondary N) is 1. The van der Waals surface area contributed by atoms with Crippen molar-refractivity contribution in [2.45, 2.75) is 24.7 Å². The lowest BCUT2D eigenvalue weighted by atomic mass is 9.82. The van der Waals surface area contributed by atoms with E-state index in [4.69, 9.17) is 0 Å². The van der Waals surface area contributed by atoms with Gasteiger partial charge in [0.15, 0.2) is 0 Å². The molecular weight excluding hydrogens is 246 g/mol. The molecule has 1 aromatic rings. The molecule has 1 saturated heterocycles. The second kappa shape index (κ2) is 2.81. The Labute approximate surface area is 90.7 Å². The predicted octanol–water partition coefficient (Wildman–Crippen LogP) is 2.69. The monoisotopic (exact) mass is 257 g/mol. The number of rotatable bonds is 0. The van der Waals surface area contributed by atoms with E-state index in [1.807, 2.05) is 11.3 Å². The van der Waals surface area contributed by atoms with Gasteiger partial charge in [-0.1, -0.05) is 0 Å². The Kier molecular flexibility index (Phi) is 1.83. The average Bonchev–Trinajstić information content (AvgIpc) is 2.73. The maximum atomic E-state index is 3.59. The fourth-order valence-electron chi connectivity index (χ4n) is 2.71. The Hall–Kier alpha value is 0.140. The molecule has 1 unspecified atom stereocenters. The minimum atomic E-state index is 0.512. The molecule has 1 N–H and O–H groups in total. The van der Waals surface area contributed by atoms with E-state index in [1.165, 1.54) is 36.1 Å². The van der Waals surface area contributed by atoms with Gasteiger partial charge < -0.3 is 5.32 Å². The maximum Gasteiger partial charge on any atom is 0.0704 e. The molecule has 2 aliphatic rings. The van der Waals surface area contributed by atoms with Gasteiger partial charge in [-0.05, 0) is 53.4 Å². The molecule has 1 aliphatic carbocycles. The zero-order valence-electron chi connectivity index (χ0n) is 7.40. The van der Waals surface area contributed by atoms with Crippen LogP contribution in [0.1, 0.15) is 23.3 Å². The Morgan fingerprint density at radius 1 is 1.46 bits per heavy atom. The van der Waals surface area contributed by atoms with Crippen molar-refractivity contribution in [2.24, 2.45) is 0 Å². The number of aryl methyl sites for hydroxylation is 1. The van der Waals surface area contributed by atoms with Crippen LogP contribution in [0.2, 0.25) is 0 Å². The van der Waals surface area contributed by atoms with Crippen LogP contribution in [0.3, 0.4) is 0 Å². The number of thiophene rings is 1. The topological polar surface area (TPSA) is 12.0 Å². The largest absolute Gasteiger partial charge is 0.316 e. The Morgan fingerprint density at radius 3 is 3.15 bits per heavy atom. The summed E-state index contributed by atoms with van der Waals surface area (Å²) in [5.41, 5.74) is 2.15. The van der Waals surface area contributed by atoms with Gasteiger partial charge in [0.1, 0.15) is 0 Å². The van der Waals surface area contributed by atoms with E-state index in [1.54, 1.807) is 10.4 Å². The summed E-state index contributed by atoms with van der Waals surface area (Å²) in [5, 5.41) is 3.49. The van der Waals surface area contributed by atoms with Crippen molar-refractivity contribution in [1.29, 1.82) is 0 Å². The summed E-state index contributed by atoms with van der Waals surface area (Å²) in [6, 6.07) is 2.35. The summed E-state index contributed by atoms with van der Waals surface area (Å²) in [5.74, 6) is 0. The minimum Gasteiger partial charge on any atom is -0.316 e. The van der Waals surface area contributed by atoms with Crippen LogP contribution in [0.5, 0.6) is 0 Å². The molecule has 1 spiro atoms. The number of halogens is 1. The second-order valence-electron chi connectivity index (χ2n) is 4.09. The van der Waals surface area contributed by atoms with Crippen molar-refractivity contribution < 1.29 is 0 Å². The zero-order valence-corrected chi connectivity index (χ0v) is 9.80. The Morgan fingerprint density at radius 2 is 2.38 bits per heavy atom. The average molecular weight is 258 g/mol. The molecule has 1 atom stereocenters. The molecule has 0 radical (unpaired) electrons. The molecule has 3 heteroatoms. The normalized spacial score (nSPS) is 31.5. The third-order valence-electron chi connectivity index (χ3n) is 3.42. The van der Waals surface area contributed by atoms with Crippen molar-refractivity contribution >= 4 is 27.3 Å². The summed E-state index contributed by atoms with van der Waals surface area (Å²) in [6.07, 6.45) is 4.00. The molecule has 1 aliphatic heterocycles. The van der Waals surface area contributed by atoms with Gasteiger partial charge in [0.25, 0.3) is 0 Å². The van der Waals surface area contributed by atoms with Gasteiger partial charge in [-0.3, -0.25) is 0 Å². The highest BCUT2D eigenvalue weighted by Crippen LogP contribution is 2.47. The van der Waals surface area contributed by atoms with Crippen molar-refractivity contribution in [3.8, 4) is 0 Å². The molecule has 13 heavy (non-hydrogen) atoms. The Bertz CT molecular complexity index is 339. The van der Waals surface area contributed by atoms with Gasteiger partial charge in [-0.15, -0.1) is 11.3 Å². The van der Waals surface area contributed by atoms with Crippen molar-refractivity contribution in [2.75, 3.05) is 13.1 Å². The van der Waals surface area contributed by atoms with Crippen LogP contribution in [0.25, 0.3) is 0 Å². The molecule has 1 aromatic heterocycles. The van der Waals surface area contributed by atoms with Gasteiger partial charge in [-0.2, -0.15) is 0 Å². The number of hydrogen-bond donors (Lipinski definition) is 1. The van der Waals surface area contributed by atoms with E-state index in [2.05, 4.69) is 27.3 Å². The first-order valence-electron chi connectivity index (χ1n) is 4.80. The van der Waals surface area contributed by atoms with Gasteiger partial charge in [0.05, 0.1) is 3.79 Å². The van der Waals surface area contributed by atoms with E-state index in [-0.39, 0.29) is 0 Å². The highest BCUT2D eigenvalue weighted by molar-refractivity contribution is 9.11. The van der Waals surface area contributed by atoms with Crippen molar-refractivity contribution in [1.82, 2.24) is 5.32 Å². The smallest absolute Gasteiger partial charge is 0.0704 e. The standard InChI is InChI=1S/C10H12BrNS/c11-9-5-7-8(13-9)1-2-10(7)3-4-12-6-10/h5,12H,1-4,6H2. The SMILES string of the molecule is Brc1cc2c(s1)CCC21CCNC1. The van der Waals surface area contributed by atoms with Gasteiger partial charge in [0.2, 0.25) is 0 Å². The summed E-state index contributed by atoms with van der Waals surface area (Å²) >= 11 is 5.51. The highest BCUT2D eigenvalue weighted by Gasteiger charge is 2.41. The predicted molar refractivity (Wildman–Crippen MR) is 59.5 cm³/mol. The lowest BCUT2D eigenvalue weighted by molar-refractivity contribution is 0.468. The molecular formula is C10H12BrNS. The first-order valence-corrected chi connectivity index (χ1v) is 6.41. The molecule has 0 aromatic carbocycles. The van der Waals surface area contributed by atoms with Crippen molar-refractivity contribution in [3.05, 3.63) is 20.3 Å². The minimum absolute atomic E-state index is 0.512. The molecule has 0 amide bonds. The third kappa shape index (κ3) is 1.14. The van der Waals surface area contributed by atoms with E-state index < -0.39 is 0 Å². The van der Waals surface area contributed by atoms with Crippen LogP contribution in [0.4, 0.5) is 0 Å². The fourth-order valence-corrected chi connectivity index (χ4v) is 4.52. The first kappa shape index (κ1) is 8.45. The van der Waals surface area contributed by atoms with Crippen LogP contribution in [-0.2, 0) is 11.8 Å². The molecule has 1 nitrogen and oxygen atoms in total. The summed E-state index contributed by atoms with van der Waals surface area (Å²) in [6.45, 7) is 2.40. The molecule has 2 heterocycles. The van der Waals surface area contributed by atoms with Gasteiger partial charge in [-0.25, -0.2) is 0 Å². The summed E-state index contributed by atoms with van der Waals surface area (Å²) in [4.78, 5) is 1.62. The van der Waals surface area contributed by atoms with Crippen LogP contribution >= 0.6 is 27.3 Å². The molecule has 70 valence electrons. The number of hydrogen-bond acceptors (Lipinski definition) is 2. The van der Waals surface area contributed by atoms with Crippen LogP contribution in [0, 0.1) is 0 Å². The molecule has 0 bridgehead atoms. The maximum absolute atomic E-state index is 3.59. The quantitative estimate of drug-likeness (QED) is 0.754. The molecule has 0 saturated carbocycles. The van der Waals surface area contributed by atoms with E-state index in [9.17, 15) is 0 Å². The van der Waals surface area contributed by atoms with Gasteiger partial charge in [0, 0.05) is 16.8 Å². The zero-order chi connectivity index (χ0) is 8.89. The number of fused-ring (bicyclic) bond motifs is 2. The highest BCUT2D eigenvalue weighted by atomic mass is 79.9. The summed E-state index contributed by atoms with van der Waals surface area (Å²) < 4.78 is 1.31. The molecule has 3 rings (SSSR count). The van der Waals surface area contributed by atoms with Crippen LogP contribution in [0.15, 0.2) is 9.85 Å². The first-order chi connectivity index (χ1) is 6.30. The second-order valence-corrected chi connectivity index (χ2v) is 6.61.